The Kier molecular flexibility index (Phi) is 2.72. The quantitative estimate of drug-likeness (QED) is 0.785. The molecular formula is C17H16N2O2. The first kappa shape index (κ1) is 12.4. The van der Waals surface area contributed by atoms with Gasteiger partial charge in [-0.2, -0.15) is 5.10 Å². The van der Waals surface area contributed by atoms with Crippen LogP contribution in [0.15, 0.2) is 42.5 Å². The summed E-state index contributed by atoms with van der Waals surface area (Å²) < 4.78 is 7.50. The molecule has 2 aromatic carbocycles. The molecule has 0 saturated carbocycles. The molecule has 0 spiro atoms. The topological polar surface area (TPSA) is 47.3 Å². The molecule has 0 aliphatic carbocycles. The minimum Gasteiger partial charge on any atom is -0.493 e. The number of aliphatic hydroxyl groups excluding tert-OH is 1. The first-order chi connectivity index (χ1) is 10.3. The highest BCUT2D eigenvalue weighted by molar-refractivity contribution is 5.82. The van der Waals surface area contributed by atoms with Crippen molar-refractivity contribution < 1.29 is 9.84 Å². The van der Waals surface area contributed by atoms with Crippen molar-refractivity contribution in [3.8, 4) is 5.75 Å². The van der Waals surface area contributed by atoms with E-state index in [0.29, 0.717) is 12.3 Å². The van der Waals surface area contributed by atoms with Gasteiger partial charge in [-0.15, -0.1) is 0 Å². The molecule has 4 nitrogen and oxygen atoms in total. The van der Waals surface area contributed by atoms with Crippen molar-refractivity contribution in [3.05, 3.63) is 59.3 Å². The number of benzene rings is 2. The first-order valence-electron chi connectivity index (χ1n) is 7.10. The first-order valence-corrected chi connectivity index (χ1v) is 7.10. The number of fused-ring (bicyclic) bond motifs is 2. The predicted molar refractivity (Wildman–Crippen MR) is 80.4 cm³/mol. The van der Waals surface area contributed by atoms with Gasteiger partial charge in [0.15, 0.2) is 0 Å². The third kappa shape index (κ3) is 1.83. The highest BCUT2D eigenvalue weighted by Crippen LogP contribution is 2.37. The van der Waals surface area contributed by atoms with Crippen molar-refractivity contribution in [1.82, 2.24) is 9.78 Å². The second-order valence-electron chi connectivity index (χ2n) is 5.36. The lowest BCUT2D eigenvalue weighted by molar-refractivity contribution is 0.209. The lowest BCUT2D eigenvalue weighted by Crippen LogP contribution is -2.04. The van der Waals surface area contributed by atoms with Crippen LogP contribution in [0.3, 0.4) is 0 Å². The van der Waals surface area contributed by atoms with Gasteiger partial charge in [0, 0.05) is 24.4 Å². The van der Waals surface area contributed by atoms with Gasteiger partial charge >= 0.3 is 0 Å². The molecule has 3 aromatic rings. The Balaban J connectivity index is 1.88. The number of aromatic nitrogens is 2. The molecule has 1 aliphatic rings. The van der Waals surface area contributed by atoms with E-state index in [9.17, 15) is 5.11 Å². The highest BCUT2D eigenvalue weighted by Gasteiger charge is 2.25. The summed E-state index contributed by atoms with van der Waals surface area (Å²) in [6.45, 7) is 0.683. The Bertz CT molecular complexity index is 823. The second-order valence-corrected chi connectivity index (χ2v) is 5.36. The Morgan fingerprint density at radius 2 is 2.05 bits per heavy atom. The van der Waals surface area contributed by atoms with Crippen LogP contribution in [-0.4, -0.2) is 21.5 Å². The van der Waals surface area contributed by atoms with E-state index in [2.05, 4.69) is 11.2 Å². The van der Waals surface area contributed by atoms with Crippen LogP contribution in [0.1, 0.15) is 22.9 Å². The van der Waals surface area contributed by atoms with Crippen molar-refractivity contribution in [3.63, 3.8) is 0 Å². The molecule has 0 fully saturated rings. The molecule has 1 N–H and O–H groups in total. The van der Waals surface area contributed by atoms with Gasteiger partial charge in [0.05, 0.1) is 12.1 Å². The third-order valence-corrected chi connectivity index (χ3v) is 4.08. The summed E-state index contributed by atoms with van der Waals surface area (Å²) in [6, 6.07) is 13.9. The summed E-state index contributed by atoms with van der Waals surface area (Å²) in [6.07, 6.45) is 0.128. The SMILES string of the molecule is Cn1nc(C(O)c2cccc3c2OCC3)c2ccccc21. The zero-order chi connectivity index (χ0) is 14.4. The molecule has 0 saturated heterocycles. The maximum Gasteiger partial charge on any atom is 0.128 e. The molecule has 1 aliphatic heterocycles. The Morgan fingerprint density at radius 3 is 2.95 bits per heavy atom. The number of hydrogen-bond donors (Lipinski definition) is 1. The normalized spacial score (nSPS) is 15.0. The van der Waals surface area contributed by atoms with E-state index in [1.807, 2.05) is 43.4 Å². The van der Waals surface area contributed by atoms with Crippen LogP contribution in [0, 0.1) is 0 Å². The van der Waals surface area contributed by atoms with Gasteiger partial charge < -0.3 is 9.84 Å². The van der Waals surface area contributed by atoms with Crippen molar-refractivity contribution in [2.24, 2.45) is 7.05 Å². The fourth-order valence-electron chi connectivity index (χ4n) is 3.05. The predicted octanol–water partition coefficient (Wildman–Crippen LogP) is 2.59. The minimum absolute atomic E-state index is 0.678. The zero-order valence-electron chi connectivity index (χ0n) is 11.8. The molecule has 4 heteroatoms. The van der Waals surface area contributed by atoms with Gasteiger partial charge in [0.25, 0.3) is 0 Å². The summed E-state index contributed by atoms with van der Waals surface area (Å²) in [5.41, 5.74) is 3.65. The average Bonchev–Trinajstić information content (AvgIpc) is 3.11. The Labute approximate surface area is 122 Å². The lowest BCUT2D eigenvalue weighted by atomic mass is 10.00. The van der Waals surface area contributed by atoms with Crippen molar-refractivity contribution >= 4 is 10.9 Å². The Morgan fingerprint density at radius 1 is 1.19 bits per heavy atom. The molecule has 1 aromatic heterocycles. The molecule has 4 rings (SSSR count). The molecule has 0 radical (unpaired) electrons. The highest BCUT2D eigenvalue weighted by atomic mass is 16.5. The van der Waals surface area contributed by atoms with Crippen molar-refractivity contribution in [2.45, 2.75) is 12.5 Å². The summed E-state index contributed by atoms with van der Waals surface area (Å²) >= 11 is 0. The van der Waals surface area contributed by atoms with Gasteiger partial charge in [0.2, 0.25) is 0 Å². The fourth-order valence-corrected chi connectivity index (χ4v) is 3.05. The fraction of sp³-hybridized carbons (Fsp3) is 0.235. The van der Waals surface area contributed by atoms with E-state index in [0.717, 1.165) is 34.2 Å². The molecule has 2 heterocycles. The summed E-state index contributed by atoms with van der Waals surface area (Å²) in [5.74, 6) is 0.819. The van der Waals surface area contributed by atoms with E-state index in [4.69, 9.17) is 4.74 Å². The maximum absolute atomic E-state index is 10.8. The molecule has 21 heavy (non-hydrogen) atoms. The second kappa shape index (κ2) is 4.60. The number of hydrogen-bond acceptors (Lipinski definition) is 3. The van der Waals surface area contributed by atoms with E-state index in [1.165, 1.54) is 0 Å². The minimum atomic E-state index is -0.774. The van der Waals surface area contributed by atoms with Crippen LogP contribution < -0.4 is 4.74 Å². The van der Waals surface area contributed by atoms with Crippen LogP contribution in [0.2, 0.25) is 0 Å². The summed E-state index contributed by atoms with van der Waals surface area (Å²) in [4.78, 5) is 0. The van der Waals surface area contributed by atoms with E-state index >= 15 is 0 Å². The average molecular weight is 280 g/mol. The van der Waals surface area contributed by atoms with E-state index in [1.54, 1.807) is 4.68 Å². The molecule has 0 amide bonds. The van der Waals surface area contributed by atoms with E-state index < -0.39 is 6.10 Å². The number of nitrogens with zero attached hydrogens (tertiary/aromatic N) is 2. The van der Waals surface area contributed by atoms with Gasteiger partial charge in [-0.3, -0.25) is 4.68 Å². The van der Waals surface area contributed by atoms with Crippen LogP contribution in [-0.2, 0) is 13.5 Å². The number of ether oxygens (including phenoxy) is 1. The van der Waals surface area contributed by atoms with Crippen molar-refractivity contribution in [1.29, 1.82) is 0 Å². The monoisotopic (exact) mass is 280 g/mol. The number of aliphatic hydroxyl groups is 1. The molecule has 1 unspecified atom stereocenters. The van der Waals surface area contributed by atoms with Crippen LogP contribution in [0.5, 0.6) is 5.75 Å². The molecular weight excluding hydrogens is 264 g/mol. The zero-order valence-corrected chi connectivity index (χ0v) is 11.8. The van der Waals surface area contributed by atoms with Crippen LogP contribution >= 0.6 is 0 Å². The number of para-hydroxylation sites is 2. The standard InChI is InChI=1S/C17H16N2O2/c1-19-14-8-3-2-6-12(14)15(18-19)16(20)13-7-4-5-11-9-10-21-17(11)13/h2-8,16,20H,9-10H2,1H3. The third-order valence-electron chi connectivity index (χ3n) is 4.08. The summed E-state index contributed by atoms with van der Waals surface area (Å²) in [5, 5.41) is 16.3. The summed E-state index contributed by atoms with van der Waals surface area (Å²) in [7, 11) is 1.89. The van der Waals surface area contributed by atoms with Gasteiger partial charge in [-0.25, -0.2) is 0 Å². The molecule has 0 bridgehead atoms. The van der Waals surface area contributed by atoms with Crippen LogP contribution in [0.25, 0.3) is 10.9 Å². The smallest absolute Gasteiger partial charge is 0.128 e. The van der Waals surface area contributed by atoms with Gasteiger partial charge in [0.1, 0.15) is 17.5 Å². The van der Waals surface area contributed by atoms with Gasteiger partial charge in [-0.1, -0.05) is 36.4 Å². The lowest BCUT2D eigenvalue weighted by Gasteiger charge is -2.13. The number of rotatable bonds is 2. The largest absolute Gasteiger partial charge is 0.493 e. The Hall–Kier alpha value is -2.33. The van der Waals surface area contributed by atoms with Crippen LogP contribution in [0.4, 0.5) is 0 Å². The van der Waals surface area contributed by atoms with Crippen molar-refractivity contribution in [2.75, 3.05) is 6.61 Å². The van der Waals surface area contributed by atoms with Gasteiger partial charge in [-0.05, 0) is 11.6 Å². The van der Waals surface area contributed by atoms with E-state index in [-0.39, 0.29) is 0 Å². The molecule has 106 valence electrons. The molecule has 1 atom stereocenters. The maximum atomic E-state index is 10.8. The number of aryl methyl sites for hydroxylation is 1.